The Morgan fingerprint density at radius 3 is 2.80 bits per heavy atom. The van der Waals surface area contributed by atoms with Gasteiger partial charge >= 0.3 is 5.97 Å². The first-order chi connectivity index (χ1) is 4.77. The van der Waals surface area contributed by atoms with Crippen molar-refractivity contribution < 1.29 is 14.6 Å². The lowest BCUT2D eigenvalue weighted by Gasteiger charge is -2.12. The SMILES string of the molecule is O=C(O)C1CCC2O[C@H]2C1. The van der Waals surface area contributed by atoms with Crippen molar-refractivity contribution in [3.63, 3.8) is 0 Å². The molecule has 2 fully saturated rings. The number of epoxide rings is 1. The smallest absolute Gasteiger partial charge is 0.306 e. The topological polar surface area (TPSA) is 49.8 Å². The van der Waals surface area contributed by atoms with Crippen LogP contribution in [0.2, 0.25) is 0 Å². The lowest BCUT2D eigenvalue weighted by atomic mass is 9.90. The van der Waals surface area contributed by atoms with E-state index in [2.05, 4.69) is 0 Å². The van der Waals surface area contributed by atoms with Crippen LogP contribution in [-0.4, -0.2) is 23.3 Å². The van der Waals surface area contributed by atoms with Crippen molar-refractivity contribution in [2.45, 2.75) is 31.5 Å². The molecule has 1 N–H and O–H groups in total. The van der Waals surface area contributed by atoms with Crippen molar-refractivity contribution in [2.75, 3.05) is 0 Å². The standard InChI is InChI=1S/C7H10O3/c8-7(9)4-1-2-5-6(3-4)10-5/h4-6H,1-3H2,(H,8,9)/t4?,5?,6-/m0/s1. The van der Waals surface area contributed by atoms with Gasteiger partial charge in [-0.05, 0) is 19.3 Å². The second-order valence-electron chi connectivity index (χ2n) is 3.06. The van der Waals surface area contributed by atoms with Crippen LogP contribution in [0.15, 0.2) is 0 Å². The molecule has 0 aromatic carbocycles. The number of rotatable bonds is 1. The summed E-state index contributed by atoms with van der Waals surface area (Å²) in [5.74, 6) is -0.794. The first-order valence-electron chi connectivity index (χ1n) is 3.65. The third-order valence-electron chi connectivity index (χ3n) is 2.35. The minimum absolute atomic E-state index is 0.135. The number of ether oxygens (including phenoxy) is 1. The molecule has 10 heavy (non-hydrogen) atoms. The van der Waals surface area contributed by atoms with Gasteiger partial charge in [0, 0.05) is 0 Å². The third kappa shape index (κ3) is 0.904. The normalized spacial score (nSPS) is 44.2. The summed E-state index contributed by atoms with van der Waals surface area (Å²) in [6.07, 6.45) is 3.18. The third-order valence-corrected chi connectivity index (χ3v) is 2.35. The van der Waals surface area contributed by atoms with Gasteiger partial charge in [-0.15, -0.1) is 0 Å². The van der Waals surface area contributed by atoms with Gasteiger partial charge in [0.05, 0.1) is 18.1 Å². The van der Waals surface area contributed by atoms with Crippen molar-refractivity contribution in [2.24, 2.45) is 5.92 Å². The van der Waals surface area contributed by atoms with Crippen molar-refractivity contribution in [3.05, 3.63) is 0 Å². The number of hydrogen-bond acceptors (Lipinski definition) is 2. The molecule has 1 aliphatic carbocycles. The molecule has 2 aliphatic rings. The van der Waals surface area contributed by atoms with Crippen LogP contribution in [0.4, 0.5) is 0 Å². The van der Waals surface area contributed by atoms with Crippen LogP contribution in [0.25, 0.3) is 0 Å². The number of carbonyl (C=O) groups is 1. The van der Waals surface area contributed by atoms with E-state index in [1.54, 1.807) is 0 Å². The minimum Gasteiger partial charge on any atom is -0.481 e. The first kappa shape index (κ1) is 6.16. The molecule has 2 unspecified atom stereocenters. The zero-order valence-electron chi connectivity index (χ0n) is 5.62. The molecular weight excluding hydrogens is 132 g/mol. The summed E-state index contributed by atoms with van der Waals surface area (Å²) >= 11 is 0. The molecule has 1 saturated heterocycles. The van der Waals surface area contributed by atoms with Gasteiger partial charge in [0.15, 0.2) is 0 Å². The average Bonchev–Trinajstić information content (AvgIpc) is 2.63. The second kappa shape index (κ2) is 1.95. The van der Waals surface area contributed by atoms with E-state index < -0.39 is 5.97 Å². The van der Waals surface area contributed by atoms with Gasteiger partial charge in [-0.3, -0.25) is 4.79 Å². The molecule has 56 valence electrons. The molecule has 0 aromatic rings. The highest BCUT2D eigenvalue weighted by atomic mass is 16.6. The van der Waals surface area contributed by atoms with Gasteiger partial charge in [-0.25, -0.2) is 0 Å². The summed E-state index contributed by atoms with van der Waals surface area (Å²) in [5.41, 5.74) is 0. The number of hydrogen-bond donors (Lipinski definition) is 1. The molecule has 1 heterocycles. The van der Waals surface area contributed by atoms with E-state index >= 15 is 0 Å². The Kier molecular flexibility index (Phi) is 1.20. The largest absolute Gasteiger partial charge is 0.481 e. The van der Waals surface area contributed by atoms with E-state index in [9.17, 15) is 4.79 Å². The monoisotopic (exact) mass is 142 g/mol. The van der Waals surface area contributed by atoms with Crippen molar-refractivity contribution in [3.8, 4) is 0 Å². The maximum atomic E-state index is 10.5. The highest BCUT2D eigenvalue weighted by molar-refractivity contribution is 5.70. The Morgan fingerprint density at radius 1 is 1.40 bits per heavy atom. The van der Waals surface area contributed by atoms with Crippen LogP contribution in [0.1, 0.15) is 19.3 Å². The molecule has 0 amide bonds. The van der Waals surface area contributed by atoms with Crippen LogP contribution in [0, 0.1) is 5.92 Å². The molecule has 3 nitrogen and oxygen atoms in total. The van der Waals surface area contributed by atoms with E-state index in [0.29, 0.717) is 6.10 Å². The fraction of sp³-hybridized carbons (Fsp3) is 0.857. The Labute approximate surface area is 59.0 Å². The lowest BCUT2D eigenvalue weighted by molar-refractivity contribution is -0.142. The van der Waals surface area contributed by atoms with Crippen LogP contribution in [0.5, 0.6) is 0 Å². The van der Waals surface area contributed by atoms with Crippen LogP contribution < -0.4 is 0 Å². The maximum Gasteiger partial charge on any atom is 0.306 e. The number of aliphatic carboxylic acids is 1. The van der Waals surface area contributed by atoms with Gasteiger partial charge < -0.3 is 9.84 Å². The van der Waals surface area contributed by atoms with Crippen LogP contribution in [-0.2, 0) is 9.53 Å². The number of fused-ring (bicyclic) bond motifs is 1. The van der Waals surface area contributed by atoms with E-state index in [4.69, 9.17) is 9.84 Å². The zero-order chi connectivity index (χ0) is 7.14. The Bertz CT molecular complexity index is 166. The summed E-state index contributed by atoms with van der Waals surface area (Å²) in [4.78, 5) is 10.5. The summed E-state index contributed by atoms with van der Waals surface area (Å²) in [6, 6.07) is 0. The summed E-state index contributed by atoms with van der Waals surface area (Å²) in [6.45, 7) is 0. The Morgan fingerprint density at radius 2 is 2.20 bits per heavy atom. The minimum atomic E-state index is -0.658. The Balaban J connectivity index is 1.94. The fourth-order valence-electron chi connectivity index (χ4n) is 1.63. The van der Waals surface area contributed by atoms with Gasteiger partial charge in [0.2, 0.25) is 0 Å². The molecule has 1 saturated carbocycles. The molecule has 0 radical (unpaired) electrons. The van der Waals surface area contributed by atoms with Crippen molar-refractivity contribution in [1.29, 1.82) is 0 Å². The van der Waals surface area contributed by atoms with Gasteiger partial charge in [0.25, 0.3) is 0 Å². The van der Waals surface area contributed by atoms with E-state index in [1.165, 1.54) is 0 Å². The molecule has 1 aliphatic heterocycles. The van der Waals surface area contributed by atoms with Gasteiger partial charge in [-0.2, -0.15) is 0 Å². The average molecular weight is 142 g/mol. The van der Waals surface area contributed by atoms with E-state index in [0.717, 1.165) is 19.3 Å². The molecule has 0 bridgehead atoms. The van der Waals surface area contributed by atoms with E-state index in [-0.39, 0.29) is 12.0 Å². The molecule has 3 atom stereocenters. The van der Waals surface area contributed by atoms with Crippen molar-refractivity contribution in [1.82, 2.24) is 0 Å². The predicted molar refractivity (Wildman–Crippen MR) is 33.6 cm³/mol. The van der Waals surface area contributed by atoms with Gasteiger partial charge in [-0.1, -0.05) is 0 Å². The zero-order valence-corrected chi connectivity index (χ0v) is 5.62. The lowest BCUT2D eigenvalue weighted by Crippen LogP contribution is -2.21. The first-order valence-corrected chi connectivity index (χ1v) is 3.65. The number of carboxylic acids is 1. The van der Waals surface area contributed by atoms with E-state index in [1.807, 2.05) is 0 Å². The second-order valence-corrected chi connectivity index (χ2v) is 3.06. The fourth-order valence-corrected chi connectivity index (χ4v) is 1.63. The highest BCUT2D eigenvalue weighted by Gasteiger charge is 2.45. The van der Waals surface area contributed by atoms with Gasteiger partial charge in [0.1, 0.15) is 0 Å². The molecule has 0 aromatic heterocycles. The summed E-state index contributed by atoms with van der Waals surface area (Å²) in [5, 5.41) is 8.62. The summed E-state index contributed by atoms with van der Waals surface area (Å²) < 4.78 is 5.19. The molecule has 0 spiro atoms. The number of carboxylic acid groups (broad SMARTS) is 1. The van der Waals surface area contributed by atoms with Crippen molar-refractivity contribution >= 4 is 5.97 Å². The van der Waals surface area contributed by atoms with Crippen LogP contribution >= 0.6 is 0 Å². The molecular formula is C7H10O3. The van der Waals surface area contributed by atoms with Crippen LogP contribution in [0.3, 0.4) is 0 Å². The quantitative estimate of drug-likeness (QED) is 0.546. The maximum absolute atomic E-state index is 10.5. The predicted octanol–water partition coefficient (Wildman–Crippen LogP) is 0.638. The Hall–Kier alpha value is -0.570. The highest BCUT2D eigenvalue weighted by Crippen LogP contribution is 2.39. The molecule has 3 heteroatoms. The summed E-state index contributed by atoms with van der Waals surface area (Å²) in [7, 11) is 0. The molecule has 2 rings (SSSR count).